The quantitative estimate of drug-likeness (QED) is 0.914. The Hall–Kier alpha value is -0.390. The van der Waals surface area contributed by atoms with Crippen molar-refractivity contribution in [3.05, 3.63) is 20.8 Å². The second-order valence-electron chi connectivity index (χ2n) is 5.46. The van der Waals surface area contributed by atoms with Crippen molar-refractivity contribution in [2.45, 2.75) is 50.7 Å². The first-order valence-electron chi connectivity index (χ1n) is 6.99. The Bertz CT molecular complexity index is 464. The maximum absolute atomic E-state index is 12.6. The second-order valence-corrected chi connectivity index (χ2v) is 7.92. The fourth-order valence-electron chi connectivity index (χ4n) is 3.42. The average Bonchev–Trinajstić information content (AvgIpc) is 2.97. The minimum absolute atomic E-state index is 0.199. The van der Waals surface area contributed by atoms with Crippen LogP contribution >= 0.6 is 27.3 Å². The molecule has 1 N–H and O–H groups in total. The highest BCUT2D eigenvalue weighted by Crippen LogP contribution is 2.31. The van der Waals surface area contributed by atoms with Gasteiger partial charge in [0.1, 0.15) is 0 Å². The van der Waals surface area contributed by atoms with Gasteiger partial charge in [0.05, 0.1) is 8.66 Å². The third kappa shape index (κ3) is 2.73. The van der Waals surface area contributed by atoms with Crippen LogP contribution in [0.4, 0.5) is 0 Å². The third-order valence-corrected chi connectivity index (χ3v) is 5.89. The maximum atomic E-state index is 12.6. The summed E-state index contributed by atoms with van der Waals surface area (Å²) in [5.74, 6) is 0.199. The third-order valence-electron chi connectivity index (χ3n) is 4.27. The topological polar surface area (TPSA) is 32.3 Å². The molecule has 3 nitrogen and oxygen atoms in total. The minimum atomic E-state index is 0.199. The van der Waals surface area contributed by atoms with Gasteiger partial charge in [0.15, 0.2) is 0 Å². The van der Waals surface area contributed by atoms with Crippen LogP contribution in [0.25, 0.3) is 0 Å². The molecule has 1 aromatic heterocycles. The Morgan fingerprint density at radius 3 is 2.63 bits per heavy atom. The van der Waals surface area contributed by atoms with E-state index in [4.69, 9.17) is 0 Å². The van der Waals surface area contributed by atoms with Gasteiger partial charge < -0.3 is 10.2 Å². The molecule has 2 aliphatic rings. The van der Waals surface area contributed by atoms with E-state index >= 15 is 0 Å². The van der Waals surface area contributed by atoms with Crippen LogP contribution in [0.2, 0.25) is 0 Å². The Morgan fingerprint density at radius 2 is 2.11 bits per heavy atom. The number of hydrogen-bond donors (Lipinski definition) is 1. The lowest BCUT2D eigenvalue weighted by molar-refractivity contribution is 0.0636. The van der Waals surface area contributed by atoms with Crippen molar-refractivity contribution in [1.82, 2.24) is 10.2 Å². The molecule has 0 saturated carbocycles. The van der Waals surface area contributed by atoms with Gasteiger partial charge in [-0.05, 0) is 60.7 Å². The number of nitrogens with one attached hydrogen (secondary N) is 1. The molecule has 0 radical (unpaired) electrons. The first-order valence-corrected chi connectivity index (χ1v) is 8.60. The molecule has 2 unspecified atom stereocenters. The molecule has 2 aliphatic heterocycles. The molecule has 0 spiro atoms. The van der Waals surface area contributed by atoms with E-state index in [2.05, 4.69) is 33.1 Å². The summed E-state index contributed by atoms with van der Waals surface area (Å²) in [5.41, 5.74) is 0. The molecule has 104 valence electrons. The van der Waals surface area contributed by atoms with Crippen LogP contribution in [-0.2, 0) is 0 Å². The van der Waals surface area contributed by atoms with Crippen molar-refractivity contribution >= 4 is 33.2 Å². The summed E-state index contributed by atoms with van der Waals surface area (Å²) in [5, 5.41) is 3.64. The summed E-state index contributed by atoms with van der Waals surface area (Å²) in [7, 11) is 0. The highest BCUT2D eigenvalue weighted by Gasteiger charge is 2.37. The summed E-state index contributed by atoms with van der Waals surface area (Å²) in [6, 6.07) is 5.55. The highest BCUT2D eigenvalue weighted by molar-refractivity contribution is 9.11. The van der Waals surface area contributed by atoms with Gasteiger partial charge in [-0.25, -0.2) is 0 Å². The second kappa shape index (κ2) is 5.54. The molecule has 5 heteroatoms. The Kier molecular flexibility index (Phi) is 3.96. The number of nitrogens with zero attached hydrogens (tertiary/aromatic N) is 1. The molecule has 2 bridgehead atoms. The van der Waals surface area contributed by atoms with Crippen molar-refractivity contribution in [3.8, 4) is 0 Å². The first-order chi connectivity index (χ1) is 9.17. The van der Waals surface area contributed by atoms with E-state index in [1.807, 2.05) is 12.1 Å². The van der Waals surface area contributed by atoms with Gasteiger partial charge in [-0.2, -0.15) is 0 Å². The monoisotopic (exact) mass is 342 g/mol. The van der Waals surface area contributed by atoms with E-state index in [1.54, 1.807) is 0 Å². The Morgan fingerprint density at radius 1 is 1.42 bits per heavy atom. The van der Waals surface area contributed by atoms with E-state index in [-0.39, 0.29) is 5.91 Å². The number of rotatable bonds is 3. The molecule has 0 aromatic carbocycles. The lowest BCUT2D eigenvalue weighted by atomic mass is 9.98. The fourth-order valence-corrected chi connectivity index (χ4v) is 4.76. The first kappa shape index (κ1) is 13.6. The van der Waals surface area contributed by atoms with Crippen molar-refractivity contribution in [2.24, 2.45) is 0 Å². The van der Waals surface area contributed by atoms with E-state index in [1.165, 1.54) is 24.2 Å². The lowest BCUT2D eigenvalue weighted by Crippen LogP contribution is -2.50. The van der Waals surface area contributed by atoms with Crippen LogP contribution in [-0.4, -0.2) is 35.5 Å². The molecular weight excluding hydrogens is 324 g/mol. The molecule has 0 aliphatic carbocycles. The molecular formula is C14H19BrN2OS. The van der Waals surface area contributed by atoms with Crippen LogP contribution in [0.5, 0.6) is 0 Å². The van der Waals surface area contributed by atoms with Gasteiger partial charge in [-0.3, -0.25) is 4.79 Å². The number of thiophene rings is 1. The smallest absolute Gasteiger partial charge is 0.264 e. The van der Waals surface area contributed by atoms with Gasteiger partial charge >= 0.3 is 0 Å². The predicted molar refractivity (Wildman–Crippen MR) is 81.7 cm³/mol. The zero-order chi connectivity index (χ0) is 13.4. The Balaban J connectivity index is 1.75. The molecule has 19 heavy (non-hydrogen) atoms. The van der Waals surface area contributed by atoms with Gasteiger partial charge in [0, 0.05) is 24.7 Å². The molecule has 1 aromatic rings. The average molecular weight is 343 g/mol. The van der Waals surface area contributed by atoms with Crippen LogP contribution < -0.4 is 5.32 Å². The zero-order valence-electron chi connectivity index (χ0n) is 11.1. The largest absolute Gasteiger partial charge is 0.335 e. The number of fused-ring (bicyclic) bond motifs is 2. The van der Waals surface area contributed by atoms with Gasteiger partial charge in [-0.1, -0.05) is 0 Å². The summed E-state index contributed by atoms with van der Waals surface area (Å²) in [4.78, 5) is 15.5. The number of hydrogen-bond acceptors (Lipinski definition) is 3. The highest BCUT2D eigenvalue weighted by atomic mass is 79.9. The van der Waals surface area contributed by atoms with E-state index in [0.717, 1.165) is 28.0 Å². The molecule has 3 heterocycles. The molecule has 2 fully saturated rings. The van der Waals surface area contributed by atoms with Gasteiger partial charge in [-0.15, -0.1) is 11.3 Å². The summed E-state index contributed by atoms with van der Waals surface area (Å²) in [6.07, 6.45) is 4.78. The minimum Gasteiger partial charge on any atom is -0.335 e. The number of amides is 1. The SMILES string of the molecule is CCN(C(=O)c1ccc(Br)s1)C1CC2CCC(C1)N2. The lowest BCUT2D eigenvalue weighted by Gasteiger charge is -2.37. The van der Waals surface area contributed by atoms with Crippen molar-refractivity contribution in [1.29, 1.82) is 0 Å². The standard InChI is InChI=1S/C14H19BrN2OS/c1-2-17(14(18)12-5-6-13(15)19-12)11-7-9-3-4-10(8-11)16-9/h5-6,9-11,16H,2-4,7-8H2,1H3. The maximum Gasteiger partial charge on any atom is 0.264 e. The summed E-state index contributed by atoms with van der Waals surface area (Å²) in [6.45, 7) is 2.89. The van der Waals surface area contributed by atoms with Crippen molar-refractivity contribution in [2.75, 3.05) is 6.54 Å². The van der Waals surface area contributed by atoms with Crippen molar-refractivity contribution in [3.63, 3.8) is 0 Å². The number of halogens is 1. The number of piperidine rings is 1. The predicted octanol–water partition coefficient (Wildman–Crippen LogP) is 3.26. The van der Waals surface area contributed by atoms with Gasteiger partial charge in [0.25, 0.3) is 5.91 Å². The van der Waals surface area contributed by atoms with Crippen molar-refractivity contribution < 1.29 is 4.79 Å². The normalized spacial score (nSPS) is 29.5. The molecule has 2 saturated heterocycles. The molecule has 2 atom stereocenters. The molecule has 1 amide bonds. The van der Waals surface area contributed by atoms with Crippen LogP contribution in [0.15, 0.2) is 15.9 Å². The molecule has 3 rings (SSSR count). The summed E-state index contributed by atoms with van der Waals surface area (Å²) >= 11 is 4.96. The Labute approximate surface area is 126 Å². The summed E-state index contributed by atoms with van der Waals surface area (Å²) < 4.78 is 1.03. The number of carbonyl (C=O) groups is 1. The van der Waals surface area contributed by atoms with E-state index < -0.39 is 0 Å². The van der Waals surface area contributed by atoms with Gasteiger partial charge in [0.2, 0.25) is 0 Å². The van der Waals surface area contributed by atoms with E-state index in [0.29, 0.717) is 18.1 Å². The number of carbonyl (C=O) groups excluding carboxylic acids is 1. The van der Waals surface area contributed by atoms with E-state index in [9.17, 15) is 4.79 Å². The van der Waals surface area contributed by atoms with Crippen LogP contribution in [0.1, 0.15) is 42.3 Å². The van der Waals surface area contributed by atoms with Crippen LogP contribution in [0.3, 0.4) is 0 Å². The van der Waals surface area contributed by atoms with Crippen LogP contribution in [0, 0.1) is 0 Å². The fraction of sp³-hybridized carbons (Fsp3) is 0.643. The zero-order valence-corrected chi connectivity index (χ0v) is 13.5.